The van der Waals surface area contributed by atoms with Gasteiger partial charge in [-0.1, -0.05) is 50.2 Å². The molecule has 0 radical (unpaired) electrons. The van der Waals surface area contributed by atoms with Crippen LogP contribution in [0.2, 0.25) is 0 Å². The van der Waals surface area contributed by atoms with Crippen LogP contribution in [0.15, 0.2) is 72.8 Å². The normalized spacial score (nSPS) is 18.4. The SMILES string of the molecule is CC(C)(CNC(=O)[C@@H]1CCC(=O)N[C@@H](Cc2ccc(O)cc2)C(=O)NCCCOc2ccccc2C(=O)N1)c1ccc(F)cc1. The summed E-state index contributed by atoms with van der Waals surface area (Å²) in [5.74, 6) is -1.83. The maximum absolute atomic E-state index is 13.5. The third-order valence-corrected chi connectivity index (χ3v) is 7.65. The Balaban J connectivity index is 1.53. The quantitative estimate of drug-likeness (QED) is 0.287. The lowest BCUT2D eigenvalue weighted by atomic mass is 9.84. The third-order valence-electron chi connectivity index (χ3n) is 7.65. The molecule has 3 aromatic carbocycles. The monoisotopic (exact) mass is 618 g/mol. The highest BCUT2D eigenvalue weighted by molar-refractivity contribution is 5.99. The van der Waals surface area contributed by atoms with Gasteiger partial charge < -0.3 is 31.1 Å². The maximum Gasteiger partial charge on any atom is 0.255 e. The summed E-state index contributed by atoms with van der Waals surface area (Å²) in [6.07, 6.45) is 0.422. The van der Waals surface area contributed by atoms with Gasteiger partial charge in [-0.3, -0.25) is 19.2 Å². The largest absolute Gasteiger partial charge is 0.508 e. The first-order chi connectivity index (χ1) is 21.5. The van der Waals surface area contributed by atoms with E-state index < -0.39 is 35.2 Å². The van der Waals surface area contributed by atoms with Crippen molar-refractivity contribution >= 4 is 23.6 Å². The van der Waals surface area contributed by atoms with Gasteiger partial charge in [0, 0.05) is 31.3 Å². The summed E-state index contributed by atoms with van der Waals surface area (Å²) in [5, 5.41) is 20.8. The van der Waals surface area contributed by atoms with E-state index in [1.807, 2.05) is 13.8 Å². The van der Waals surface area contributed by atoms with Gasteiger partial charge in [0.2, 0.25) is 17.7 Å². The number of halogens is 1. The fourth-order valence-electron chi connectivity index (χ4n) is 4.93. The predicted octanol–water partition coefficient (Wildman–Crippen LogP) is 3.13. The first-order valence-corrected chi connectivity index (χ1v) is 14.9. The molecule has 0 bridgehead atoms. The highest BCUT2D eigenvalue weighted by Gasteiger charge is 2.28. The molecule has 11 heteroatoms. The summed E-state index contributed by atoms with van der Waals surface area (Å²) >= 11 is 0. The van der Waals surface area contributed by atoms with Gasteiger partial charge in [-0.05, 0) is 60.4 Å². The van der Waals surface area contributed by atoms with Gasteiger partial charge in [0.05, 0.1) is 12.2 Å². The predicted molar refractivity (Wildman–Crippen MR) is 166 cm³/mol. The molecule has 2 atom stereocenters. The summed E-state index contributed by atoms with van der Waals surface area (Å²) in [6, 6.07) is 17.0. The van der Waals surface area contributed by atoms with Crippen LogP contribution >= 0.6 is 0 Å². The van der Waals surface area contributed by atoms with Crippen molar-refractivity contribution in [2.24, 2.45) is 0 Å². The van der Waals surface area contributed by atoms with E-state index in [2.05, 4.69) is 21.3 Å². The van der Waals surface area contributed by atoms with E-state index in [0.717, 1.165) is 11.1 Å². The molecule has 1 aliphatic heterocycles. The van der Waals surface area contributed by atoms with E-state index in [0.29, 0.717) is 12.2 Å². The Labute approximate surface area is 261 Å². The Morgan fingerprint density at radius 2 is 1.71 bits per heavy atom. The number of amides is 4. The summed E-state index contributed by atoms with van der Waals surface area (Å²) < 4.78 is 19.3. The number of hydrogen-bond donors (Lipinski definition) is 5. The second-order valence-corrected chi connectivity index (χ2v) is 11.7. The molecule has 4 amide bonds. The van der Waals surface area contributed by atoms with Crippen molar-refractivity contribution in [1.29, 1.82) is 0 Å². The molecule has 45 heavy (non-hydrogen) atoms. The highest BCUT2D eigenvalue weighted by atomic mass is 19.1. The fraction of sp³-hybridized carbons (Fsp3) is 0.353. The van der Waals surface area contributed by atoms with Crippen LogP contribution < -0.4 is 26.0 Å². The Hall–Kier alpha value is -4.93. The number of rotatable bonds is 6. The molecule has 0 spiro atoms. The van der Waals surface area contributed by atoms with Crippen molar-refractivity contribution in [3.63, 3.8) is 0 Å². The molecule has 0 saturated carbocycles. The standard InChI is InChI=1S/C34H39FN4O6/c1-34(2,23-10-12-24(35)13-11-23)21-37-32(43)27-16-17-30(41)38-28(20-22-8-14-25(40)15-9-22)33(44)36-18-5-19-45-29-7-4-3-6-26(29)31(42)39-27/h3-4,6-15,27-28,40H,5,16-21H2,1-2H3,(H,36,44)(H,37,43)(H,38,41)(H,39,42)/t27-,28-/m0/s1. The zero-order chi connectivity index (χ0) is 32.4. The number of phenols is 1. The van der Waals surface area contributed by atoms with E-state index >= 15 is 0 Å². The molecule has 0 fully saturated rings. The van der Waals surface area contributed by atoms with Crippen LogP contribution in [-0.4, -0.2) is 60.5 Å². The van der Waals surface area contributed by atoms with E-state index in [1.54, 1.807) is 48.5 Å². The van der Waals surface area contributed by atoms with Gasteiger partial charge in [0.15, 0.2) is 0 Å². The molecular formula is C34H39FN4O6. The zero-order valence-corrected chi connectivity index (χ0v) is 25.4. The molecule has 0 aromatic heterocycles. The molecule has 0 unspecified atom stereocenters. The lowest BCUT2D eigenvalue weighted by Crippen LogP contribution is -2.51. The smallest absolute Gasteiger partial charge is 0.255 e. The number of fused-ring (bicyclic) bond motifs is 1. The van der Waals surface area contributed by atoms with Gasteiger partial charge in [-0.2, -0.15) is 0 Å². The van der Waals surface area contributed by atoms with Crippen LogP contribution in [-0.2, 0) is 26.2 Å². The average Bonchev–Trinajstić information content (AvgIpc) is 3.02. The lowest BCUT2D eigenvalue weighted by Gasteiger charge is -2.27. The molecule has 4 rings (SSSR count). The Kier molecular flexibility index (Phi) is 11.1. The van der Waals surface area contributed by atoms with Crippen molar-refractivity contribution in [3.05, 3.63) is 95.3 Å². The molecule has 1 heterocycles. The number of ether oxygens (including phenoxy) is 1. The highest BCUT2D eigenvalue weighted by Crippen LogP contribution is 2.23. The molecule has 3 aromatic rings. The number of carbonyl (C=O) groups is 4. The average molecular weight is 619 g/mol. The van der Waals surface area contributed by atoms with Gasteiger partial charge in [0.1, 0.15) is 29.4 Å². The van der Waals surface area contributed by atoms with Crippen molar-refractivity contribution < 1.29 is 33.4 Å². The summed E-state index contributed by atoms with van der Waals surface area (Å²) in [4.78, 5) is 53.1. The number of aromatic hydroxyl groups is 1. The van der Waals surface area contributed by atoms with Crippen LogP contribution in [0, 0.1) is 5.82 Å². The van der Waals surface area contributed by atoms with Crippen molar-refractivity contribution in [2.45, 2.75) is 57.0 Å². The molecule has 10 nitrogen and oxygen atoms in total. The molecule has 1 aliphatic rings. The van der Waals surface area contributed by atoms with Gasteiger partial charge in [0.25, 0.3) is 5.91 Å². The third kappa shape index (κ3) is 9.53. The Bertz CT molecular complexity index is 1490. The van der Waals surface area contributed by atoms with Gasteiger partial charge >= 0.3 is 0 Å². The number of carbonyl (C=O) groups excluding carboxylic acids is 4. The molecule has 0 saturated heterocycles. The summed E-state index contributed by atoms with van der Waals surface area (Å²) in [7, 11) is 0. The molecule has 238 valence electrons. The maximum atomic E-state index is 13.5. The number of hydrogen-bond acceptors (Lipinski definition) is 6. The summed E-state index contributed by atoms with van der Waals surface area (Å²) in [5.41, 5.74) is 1.22. The Morgan fingerprint density at radius 1 is 1.00 bits per heavy atom. The van der Waals surface area contributed by atoms with Crippen LogP contribution in [0.1, 0.15) is 54.6 Å². The molecule has 0 aliphatic carbocycles. The van der Waals surface area contributed by atoms with Crippen molar-refractivity contribution in [3.8, 4) is 11.5 Å². The lowest BCUT2D eigenvalue weighted by molar-refractivity contribution is -0.129. The topological polar surface area (TPSA) is 146 Å². The second kappa shape index (κ2) is 15.2. The molecule has 5 N–H and O–H groups in total. The first-order valence-electron chi connectivity index (χ1n) is 14.9. The van der Waals surface area contributed by atoms with E-state index in [1.165, 1.54) is 24.3 Å². The minimum Gasteiger partial charge on any atom is -0.508 e. The number of benzene rings is 3. The van der Waals surface area contributed by atoms with Crippen LogP contribution in [0.4, 0.5) is 4.39 Å². The summed E-state index contributed by atoms with van der Waals surface area (Å²) in [6.45, 7) is 4.48. The molecular weight excluding hydrogens is 579 g/mol. The minimum absolute atomic E-state index is 0.0447. The first kappa shape index (κ1) is 33.0. The van der Waals surface area contributed by atoms with Crippen LogP contribution in [0.3, 0.4) is 0 Å². The van der Waals surface area contributed by atoms with Crippen LogP contribution in [0.5, 0.6) is 11.5 Å². The fourth-order valence-corrected chi connectivity index (χ4v) is 4.93. The second-order valence-electron chi connectivity index (χ2n) is 11.7. The number of nitrogens with one attached hydrogen (secondary N) is 4. The number of phenolic OH excluding ortho intramolecular Hbond substituents is 1. The zero-order valence-electron chi connectivity index (χ0n) is 25.4. The van der Waals surface area contributed by atoms with E-state index in [4.69, 9.17) is 4.74 Å². The van der Waals surface area contributed by atoms with E-state index in [9.17, 15) is 28.7 Å². The number of para-hydroxylation sites is 1. The van der Waals surface area contributed by atoms with Crippen molar-refractivity contribution in [2.75, 3.05) is 19.7 Å². The van der Waals surface area contributed by atoms with E-state index in [-0.39, 0.29) is 62.0 Å². The minimum atomic E-state index is -1.09. The van der Waals surface area contributed by atoms with Crippen molar-refractivity contribution in [1.82, 2.24) is 21.3 Å². The van der Waals surface area contributed by atoms with Gasteiger partial charge in [-0.15, -0.1) is 0 Å². The van der Waals surface area contributed by atoms with Gasteiger partial charge in [-0.25, -0.2) is 4.39 Å². The Morgan fingerprint density at radius 3 is 2.44 bits per heavy atom. The van der Waals surface area contributed by atoms with Crippen LogP contribution in [0.25, 0.3) is 0 Å².